The second kappa shape index (κ2) is 4.20. The fourth-order valence-corrected chi connectivity index (χ4v) is 0.588. The van der Waals surface area contributed by atoms with Gasteiger partial charge in [0.2, 0.25) is 0 Å². The van der Waals surface area contributed by atoms with Crippen molar-refractivity contribution in [1.82, 2.24) is 4.90 Å². The number of rotatable bonds is 3. The highest BCUT2D eigenvalue weighted by Crippen LogP contribution is 2.02. The van der Waals surface area contributed by atoms with Crippen LogP contribution in [0.4, 0.5) is 0 Å². The molecule has 0 saturated heterocycles. The lowest BCUT2D eigenvalue weighted by Gasteiger charge is -2.14. The topological polar surface area (TPSA) is 63.9 Å². The van der Waals surface area contributed by atoms with E-state index in [2.05, 4.69) is 0 Å². The number of hydrogen-bond donors (Lipinski definition) is 3. The first-order valence-corrected chi connectivity index (χ1v) is 3.38. The number of aliphatic hydroxyl groups excluding tert-OH is 3. The van der Waals surface area contributed by atoms with Gasteiger partial charge in [0, 0.05) is 20.3 Å². The third-order valence-electron chi connectivity index (χ3n) is 1.15. The maximum atomic E-state index is 9.07. The molecule has 4 nitrogen and oxygen atoms in total. The van der Waals surface area contributed by atoms with Gasteiger partial charge >= 0.3 is 0 Å². The van der Waals surface area contributed by atoms with Crippen LogP contribution in [0.15, 0.2) is 12.0 Å². The van der Waals surface area contributed by atoms with E-state index in [0.717, 1.165) is 0 Å². The first-order chi connectivity index (χ1) is 4.95. The minimum atomic E-state index is -1.20. The summed E-state index contributed by atoms with van der Waals surface area (Å²) in [5, 5.41) is 27.0. The highest BCUT2D eigenvalue weighted by Gasteiger charge is 2.15. The van der Waals surface area contributed by atoms with E-state index in [0.29, 0.717) is 0 Å². The van der Waals surface area contributed by atoms with Crippen LogP contribution in [-0.4, -0.2) is 46.5 Å². The van der Waals surface area contributed by atoms with Crippen LogP contribution in [0.3, 0.4) is 0 Å². The standard InChI is InChI=1S/C7H15NO3/c1-5(9)7(11)6(10)4-8(2)3/h4-5,7,9-11H,1-3H3. The minimum absolute atomic E-state index is 0.231. The van der Waals surface area contributed by atoms with Gasteiger partial charge in [-0.15, -0.1) is 0 Å². The van der Waals surface area contributed by atoms with Gasteiger partial charge in [-0.1, -0.05) is 0 Å². The van der Waals surface area contributed by atoms with Gasteiger partial charge < -0.3 is 20.2 Å². The van der Waals surface area contributed by atoms with Crippen molar-refractivity contribution < 1.29 is 15.3 Å². The molecular weight excluding hydrogens is 146 g/mol. The van der Waals surface area contributed by atoms with E-state index in [9.17, 15) is 0 Å². The maximum Gasteiger partial charge on any atom is 0.139 e. The van der Waals surface area contributed by atoms with Crippen LogP contribution in [0.5, 0.6) is 0 Å². The third kappa shape index (κ3) is 3.85. The van der Waals surface area contributed by atoms with E-state index in [-0.39, 0.29) is 5.76 Å². The van der Waals surface area contributed by atoms with Gasteiger partial charge in [0.25, 0.3) is 0 Å². The van der Waals surface area contributed by atoms with Crippen molar-refractivity contribution >= 4 is 0 Å². The van der Waals surface area contributed by atoms with Gasteiger partial charge in [0.1, 0.15) is 11.9 Å². The van der Waals surface area contributed by atoms with Crippen LogP contribution >= 0.6 is 0 Å². The molecule has 11 heavy (non-hydrogen) atoms. The van der Waals surface area contributed by atoms with Gasteiger partial charge in [-0.25, -0.2) is 0 Å². The Kier molecular flexibility index (Phi) is 3.92. The molecule has 66 valence electrons. The van der Waals surface area contributed by atoms with Crippen molar-refractivity contribution in [1.29, 1.82) is 0 Å². The summed E-state index contributed by atoms with van der Waals surface area (Å²) in [6.45, 7) is 1.41. The maximum absolute atomic E-state index is 9.07. The first kappa shape index (κ1) is 10.3. The summed E-state index contributed by atoms with van der Waals surface area (Å²) in [5.74, 6) is -0.231. The molecule has 2 atom stereocenters. The van der Waals surface area contributed by atoms with Crippen molar-refractivity contribution in [3.8, 4) is 0 Å². The smallest absolute Gasteiger partial charge is 0.139 e. The van der Waals surface area contributed by atoms with E-state index in [1.165, 1.54) is 13.1 Å². The Balaban J connectivity index is 4.11. The minimum Gasteiger partial charge on any atom is -0.508 e. The lowest BCUT2D eigenvalue weighted by atomic mass is 10.2. The first-order valence-electron chi connectivity index (χ1n) is 3.38. The second-order valence-corrected chi connectivity index (χ2v) is 2.70. The molecule has 0 bridgehead atoms. The molecule has 0 fully saturated rings. The van der Waals surface area contributed by atoms with Gasteiger partial charge in [-0.2, -0.15) is 0 Å². The van der Waals surface area contributed by atoms with Crippen LogP contribution in [0.25, 0.3) is 0 Å². The largest absolute Gasteiger partial charge is 0.508 e. The summed E-state index contributed by atoms with van der Waals surface area (Å²) in [6, 6.07) is 0. The van der Waals surface area contributed by atoms with Crippen molar-refractivity contribution in [3.63, 3.8) is 0 Å². The number of nitrogens with zero attached hydrogens (tertiary/aromatic N) is 1. The Morgan fingerprint density at radius 3 is 2.09 bits per heavy atom. The molecule has 0 aliphatic heterocycles. The van der Waals surface area contributed by atoms with E-state index in [4.69, 9.17) is 15.3 Å². The molecule has 0 heterocycles. The predicted molar refractivity (Wildman–Crippen MR) is 42.1 cm³/mol. The Morgan fingerprint density at radius 2 is 1.82 bits per heavy atom. The normalized spacial score (nSPS) is 17.7. The zero-order chi connectivity index (χ0) is 9.02. The average molecular weight is 161 g/mol. The van der Waals surface area contributed by atoms with Crippen molar-refractivity contribution in [2.75, 3.05) is 14.1 Å². The monoisotopic (exact) mass is 161 g/mol. The molecule has 0 aromatic carbocycles. The fraction of sp³-hybridized carbons (Fsp3) is 0.714. The van der Waals surface area contributed by atoms with Crippen LogP contribution in [-0.2, 0) is 0 Å². The Bertz CT molecular complexity index is 143. The number of hydrogen-bond acceptors (Lipinski definition) is 4. The average Bonchev–Trinajstić information content (AvgIpc) is 1.84. The van der Waals surface area contributed by atoms with E-state index in [1.54, 1.807) is 19.0 Å². The molecule has 0 aromatic heterocycles. The quantitative estimate of drug-likeness (QED) is 0.497. The molecule has 0 amide bonds. The molecule has 0 aliphatic rings. The lowest BCUT2D eigenvalue weighted by molar-refractivity contribution is 0.0278. The van der Waals surface area contributed by atoms with Crippen molar-refractivity contribution in [2.45, 2.75) is 19.1 Å². The van der Waals surface area contributed by atoms with Crippen molar-refractivity contribution in [3.05, 3.63) is 12.0 Å². The summed E-state index contributed by atoms with van der Waals surface area (Å²) in [7, 11) is 3.43. The zero-order valence-corrected chi connectivity index (χ0v) is 7.02. The zero-order valence-electron chi connectivity index (χ0n) is 7.02. The Hall–Kier alpha value is -0.740. The molecule has 0 radical (unpaired) electrons. The van der Waals surface area contributed by atoms with Crippen LogP contribution in [0.2, 0.25) is 0 Å². The van der Waals surface area contributed by atoms with Gasteiger partial charge in [-0.05, 0) is 6.92 Å². The lowest BCUT2D eigenvalue weighted by Crippen LogP contribution is -2.25. The SMILES string of the molecule is CC(O)C(O)C(O)=CN(C)C. The summed E-state index contributed by atoms with van der Waals surface area (Å²) >= 11 is 0. The Labute approximate surface area is 66.4 Å². The molecule has 0 saturated carbocycles. The molecule has 0 rings (SSSR count). The predicted octanol–water partition coefficient (Wildman–Crippen LogP) is -0.311. The van der Waals surface area contributed by atoms with E-state index >= 15 is 0 Å². The summed E-state index contributed by atoms with van der Waals surface area (Å²) in [5.41, 5.74) is 0. The van der Waals surface area contributed by atoms with Crippen LogP contribution in [0.1, 0.15) is 6.92 Å². The molecule has 0 spiro atoms. The third-order valence-corrected chi connectivity index (χ3v) is 1.15. The van der Waals surface area contributed by atoms with Gasteiger partial charge in [-0.3, -0.25) is 0 Å². The highest BCUT2D eigenvalue weighted by atomic mass is 16.4. The molecule has 0 aromatic rings. The summed E-state index contributed by atoms with van der Waals surface area (Å²) in [4.78, 5) is 1.58. The number of aliphatic hydroxyl groups is 3. The molecule has 4 heteroatoms. The molecule has 2 unspecified atom stereocenters. The Morgan fingerprint density at radius 1 is 1.36 bits per heavy atom. The second-order valence-electron chi connectivity index (χ2n) is 2.70. The molecular formula is C7H15NO3. The van der Waals surface area contributed by atoms with Crippen molar-refractivity contribution in [2.24, 2.45) is 0 Å². The van der Waals surface area contributed by atoms with E-state index in [1.807, 2.05) is 0 Å². The fourth-order valence-electron chi connectivity index (χ4n) is 0.588. The highest BCUT2D eigenvalue weighted by molar-refractivity contribution is 4.98. The molecule has 0 aliphatic carbocycles. The van der Waals surface area contributed by atoms with Crippen LogP contribution in [0, 0.1) is 0 Å². The van der Waals surface area contributed by atoms with Crippen LogP contribution < -0.4 is 0 Å². The summed E-state index contributed by atoms with van der Waals surface area (Å²) in [6.07, 6.45) is -0.805. The van der Waals surface area contributed by atoms with Gasteiger partial charge in [0.15, 0.2) is 0 Å². The molecule has 3 N–H and O–H groups in total. The van der Waals surface area contributed by atoms with E-state index < -0.39 is 12.2 Å². The summed E-state index contributed by atoms with van der Waals surface area (Å²) < 4.78 is 0. The van der Waals surface area contributed by atoms with Gasteiger partial charge in [0.05, 0.1) is 6.10 Å².